The van der Waals surface area contributed by atoms with Gasteiger partial charge >= 0.3 is 0 Å². The molecule has 8 aromatic rings. The second-order valence-corrected chi connectivity index (χ2v) is 20.6. The lowest BCUT2D eigenvalue weighted by Gasteiger charge is -2.07. The Hall–Kier alpha value is -3.56. The Morgan fingerprint density at radius 1 is 0.309 bits per heavy atom. The maximum absolute atomic E-state index is 6.28. The second-order valence-electron chi connectivity index (χ2n) is 14.0. The first-order valence-corrected chi connectivity index (χ1v) is 24.5. The van der Waals surface area contributed by atoms with E-state index in [1.54, 1.807) is 0 Å². The van der Waals surface area contributed by atoms with E-state index in [9.17, 15) is 0 Å². The summed E-state index contributed by atoms with van der Waals surface area (Å²) in [5, 5.41) is 0. The molecule has 6 heterocycles. The molecule has 0 amide bonds. The summed E-state index contributed by atoms with van der Waals surface area (Å²) >= 11 is 11.4. The van der Waals surface area contributed by atoms with Gasteiger partial charge in [-0.3, -0.25) is 0 Å². The van der Waals surface area contributed by atoms with Gasteiger partial charge in [-0.05, 0) is 158 Å². The lowest BCUT2D eigenvalue weighted by atomic mass is 10.1. The lowest BCUT2D eigenvalue weighted by molar-refractivity contribution is 0.483. The predicted molar refractivity (Wildman–Crippen MR) is 249 cm³/mol. The van der Waals surface area contributed by atoms with Crippen LogP contribution in [0, 0.1) is 0 Å². The summed E-state index contributed by atoms with van der Waals surface area (Å²) < 4.78 is 6.28. The molecule has 2 aromatic carbocycles. The van der Waals surface area contributed by atoms with Crippen LogP contribution in [-0.2, 0) is 12.8 Å². The van der Waals surface area contributed by atoms with Crippen molar-refractivity contribution in [2.75, 3.05) is 0 Å². The van der Waals surface area contributed by atoms with Crippen molar-refractivity contribution in [3.05, 3.63) is 131 Å². The first-order valence-electron chi connectivity index (χ1n) is 19.6. The van der Waals surface area contributed by atoms with Crippen LogP contribution in [0.3, 0.4) is 0 Å². The molecule has 6 aromatic heterocycles. The molecule has 0 spiro atoms. The van der Waals surface area contributed by atoms with Gasteiger partial charge in [-0.2, -0.15) is 0 Å². The third-order valence-corrected chi connectivity index (χ3v) is 17.3. The maximum atomic E-state index is 6.28. The fourth-order valence-electron chi connectivity index (χ4n) is 6.71. The highest BCUT2D eigenvalue weighted by molar-refractivity contribution is 7.28. The third-order valence-electron chi connectivity index (χ3n) is 9.79. The Kier molecular flexibility index (Phi) is 13.0. The summed E-state index contributed by atoms with van der Waals surface area (Å²) in [5.41, 5.74) is 2.43. The van der Waals surface area contributed by atoms with Crippen molar-refractivity contribution in [1.82, 2.24) is 0 Å². The summed E-state index contributed by atoms with van der Waals surface area (Å²) in [5.74, 6) is 1.69. The standard InChI is InChI=1S/C48H46OS6/c1-3-5-7-9-11-37-21-23-41(50-37)43-29-31-47(54-43)45-27-25-39(52-45)33-13-17-35(18-14-33)49-36-19-15-34(16-20-36)40-26-28-46(53-40)48-32-30-44(55-48)42-24-22-38(51-42)12-10-8-6-4-2/h13-32H,3-12H2,1-2H3. The van der Waals surface area contributed by atoms with Gasteiger partial charge in [0.25, 0.3) is 0 Å². The minimum absolute atomic E-state index is 0.845. The fraction of sp³-hybridized carbons (Fsp3) is 0.250. The number of hydrogen-bond donors (Lipinski definition) is 0. The van der Waals surface area contributed by atoms with Gasteiger partial charge in [0.15, 0.2) is 0 Å². The molecule has 0 bridgehead atoms. The molecule has 0 radical (unpaired) electrons. The monoisotopic (exact) mass is 830 g/mol. The van der Waals surface area contributed by atoms with Crippen molar-refractivity contribution in [3.8, 4) is 71.4 Å². The van der Waals surface area contributed by atoms with Gasteiger partial charge in [-0.15, -0.1) is 68.0 Å². The molecule has 280 valence electrons. The van der Waals surface area contributed by atoms with Crippen molar-refractivity contribution >= 4 is 68.0 Å². The zero-order chi connectivity index (χ0) is 37.4. The van der Waals surface area contributed by atoms with E-state index in [0.29, 0.717) is 0 Å². The van der Waals surface area contributed by atoms with Gasteiger partial charge in [-0.25, -0.2) is 0 Å². The Bertz CT molecular complexity index is 2220. The molecule has 8 rings (SSSR count). The first kappa shape index (κ1) is 38.3. The van der Waals surface area contributed by atoms with Gasteiger partial charge in [-0.1, -0.05) is 52.4 Å². The topological polar surface area (TPSA) is 9.23 Å². The molecule has 0 saturated carbocycles. The highest BCUT2D eigenvalue weighted by atomic mass is 32.1. The third kappa shape index (κ3) is 9.70. The van der Waals surface area contributed by atoms with E-state index in [4.69, 9.17) is 4.74 Å². The van der Waals surface area contributed by atoms with E-state index in [-0.39, 0.29) is 0 Å². The van der Waals surface area contributed by atoms with Gasteiger partial charge < -0.3 is 4.74 Å². The SMILES string of the molecule is CCCCCCc1ccc(-c2ccc(-c3ccc(-c4ccc(Oc5ccc(-c6ccc(-c7ccc(-c8ccc(CCCCCC)s8)s7)s6)cc5)cc4)s3)s2)s1. The Balaban J connectivity index is 0.851. The quantitative estimate of drug-likeness (QED) is 0.0783. The molecular formula is C48H46OS6. The van der Waals surface area contributed by atoms with Crippen molar-refractivity contribution in [2.45, 2.75) is 78.1 Å². The van der Waals surface area contributed by atoms with E-state index in [2.05, 4.69) is 135 Å². The number of ether oxygens (including phenoxy) is 1. The normalized spacial score (nSPS) is 11.5. The van der Waals surface area contributed by atoms with Crippen LogP contribution in [0.25, 0.3) is 59.9 Å². The summed E-state index contributed by atoms with van der Waals surface area (Å²) in [6, 6.07) is 44.4. The summed E-state index contributed by atoms with van der Waals surface area (Å²) in [7, 11) is 0. The largest absolute Gasteiger partial charge is 0.457 e. The van der Waals surface area contributed by atoms with Crippen LogP contribution < -0.4 is 4.74 Å². The van der Waals surface area contributed by atoms with Gasteiger partial charge in [0.1, 0.15) is 11.5 Å². The van der Waals surface area contributed by atoms with Crippen LogP contribution in [0.5, 0.6) is 11.5 Å². The minimum Gasteiger partial charge on any atom is -0.457 e. The Labute approximate surface area is 350 Å². The van der Waals surface area contributed by atoms with Crippen molar-refractivity contribution in [2.24, 2.45) is 0 Å². The number of aryl methyl sites for hydroxylation is 2. The average Bonchev–Trinajstić information content (AvgIpc) is 4.07. The number of unbranched alkanes of at least 4 members (excludes halogenated alkanes) is 6. The van der Waals surface area contributed by atoms with Gasteiger partial charge in [0.05, 0.1) is 0 Å². The fourth-order valence-corrected chi connectivity index (χ4v) is 13.2. The Morgan fingerprint density at radius 2 is 0.618 bits per heavy atom. The van der Waals surface area contributed by atoms with E-state index in [1.165, 1.54) is 134 Å². The number of hydrogen-bond acceptors (Lipinski definition) is 7. The summed E-state index contributed by atoms with van der Waals surface area (Å²) in [4.78, 5) is 16.4. The molecule has 0 aliphatic rings. The predicted octanol–water partition coefficient (Wildman–Crippen LogP) is 18.1. The van der Waals surface area contributed by atoms with Crippen molar-refractivity contribution in [3.63, 3.8) is 0 Å². The van der Waals surface area contributed by atoms with Crippen LogP contribution in [0.15, 0.2) is 121 Å². The second kappa shape index (κ2) is 18.6. The van der Waals surface area contributed by atoms with Gasteiger partial charge in [0, 0.05) is 58.5 Å². The average molecular weight is 831 g/mol. The molecule has 0 atom stereocenters. The molecule has 55 heavy (non-hydrogen) atoms. The maximum Gasteiger partial charge on any atom is 0.127 e. The summed E-state index contributed by atoms with van der Waals surface area (Å²) in [6.07, 6.45) is 12.9. The van der Waals surface area contributed by atoms with E-state index < -0.39 is 0 Å². The number of thiophene rings is 6. The lowest BCUT2D eigenvalue weighted by Crippen LogP contribution is -1.84. The molecule has 1 nitrogen and oxygen atoms in total. The Morgan fingerprint density at radius 3 is 0.982 bits per heavy atom. The highest BCUT2D eigenvalue weighted by Crippen LogP contribution is 2.44. The molecule has 0 aliphatic heterocycles. The minimum atomic E-state index is 0.845. The van der Waals surface area contributed by atoms with Crippen LogP contribution >= 0.6 is 68.0 Å². The molecule has 7 heteroatoms. The van der Waals surface area contributed by atoms with E-state index in [1.807, 2.05) is 68.0 Å². The van der Waals surface area contributed by atoms with Gasteiger partial charge in [0.2, 0.25) is 0 Å². The number of benzene rings is 2. The highest BCUT2D eigenvalue weighted by Gasteiger charge is 2.13. The van der Waals surface area contributed by atoms with Crippen LogP contribution in [0.4, 0.5) is 0 Å². The van der Waals surface area contributed by atoms with Crippen LogP contribution in [-0.4, -0.2) is 0 Å². The zero-order valence-corrected chi connectivity index (χ0v) is 36.4. The summed E-state index contributed by atoms with van der Waals surface area (Å²) in [6.45, 7) is 4.55. The zero-order valence-electron chi connectivity index (χ0n) is 31.5. The smallest absolute Gasteiger partial charge is 0.127 e. The van der Waals surface area contributed by atoms with Crippen LogP contribution in [0.1, 0.15) is 75.0 Å². The van der Waals surface area contributed by atoms with E-state index in [0.717, 1.165) is 11.5 Å². The molecule has 0 fully saturated rings. The van der Waals surface area contributed by atoms with Crippen LogP contribution in [0.2, 0.25) is 0 Å². The first-order chi connectivity index (χ1) is 27.1. The van der Waals surface area contributed by atoms with E-state index >= 15 is 0 Å². The molecule has 0 unspecified atom stereocenters. The van der Waals surface area contributed by atoms with Crippen molar-refractivity contribution < 1.29 is 4.74 Å². The molecular weight excluding hydrogens is 785 g/mol. The molecule has 0 saturated heterocycles. The number of rotatable bonds is 18. The van der Waals surface area contributed by atoms with Crippen molar-refractivity contribution in [1.29, 1.82) is 0 Å². The molecule has 0 N–H and O–H groups in total. The molecule has 0 aliphatic carbocycles.